The van der Waals surface area contributed by atoms with Crippen LogP contribution in [-0.2, 0) is 24.4 Å². The summed E-state index contributed by atoms with van der Waals surface area (Å²) in [6, 6.07) is 1.82. The summed E-state index contributed by atoms with van der Waals surface area (Å²) >= 11 is 7.42. The summed E-state index contributed by atoms with van der Waals surface area (Å²) in [6.45, 7) is 0. The minimum Gasteiger partial charge on any atom is -0.743 e. The van der Waals surface area contributed by atoms with Gasteiger partial charge < -0.3 is 18.8 Å². The van der Waals surface area contributed by atoms with Gasteiger partial charge >= 0.3 is 17.2 Å². The zero-order valence-electron chi connectivity index (χ0n) is 14.2. The molecule has 4 unspecified atom stereocenters. The number of hydrogen-bond donors (Lipinski definition) is 0. The van der Waals surface area contributed by atoms with Gasteiger partial charge in [0.1, 0.15) is 11.7 Å². The Kier molecular flexibility index (Phi) is 5.98. The fourth-order valence-electron chi connectivity index (χ4n) is 3.50. The number of esters is 2. The lowest BCUT2D eigenvalue weighted by atomic mass is 9.90. The van der Waals surface area contributed by atoms with Crippen LogP contribution in [0.3, 0.4) is 0 Å². The second-order valence-electron chi connectivity index (χ2n) is 6.68. The van der Waals surface area contributed by atoms with E-state index in [1.54, 1.807) is 0 Å². The molecule has 4 atom stereocenters. The van der Waals surface area contributed by atoms with Crippen LogP contribution >= 0.6 is 79.5 Å². The third-order valence-electron chi connectivity index (χ3n) is 4.86. The maximum atomic E-state index is 13.4. The zero-order valence-corrected chi connectivity index (χ0v) is 22.3. The first-order chi connectivity index (χ1) is 13.8. The molecule has 4 rings (SSSR count). The van der Waals surface area contributed by atoms with Crippen molar-refractivity contribution in [1.82, 2.24) is 0 Å². The second-order valence-corrected chi connectivity index (χ2v) is 13.0. The molecule has 1 aromatic rings. The van der Waals surface area contributed by atoms with Crippen molar-refractivity contribution in [1.29, 1.82) is 0 Å². The average Bonchev–Trinajstić information content (AvgIpc) is 3.15. The summed E-state index contributed by atoms with van der Waals surface area (Å²) < 4.78 is 77.4. The largest absolute Gasteiger partial charge is 0.743 e. The first kappa shape index (κ1) is 23.4. The van der Waals surface area contributed by atoms with Gasteiger partial charge in [0, 0.05) is 25.2 Å². The molecule has 1 aromatic carbocycles. The van der Waals surface area contributed by atoms with Gasteiger partial charge in [-0.2, -0.15) is 8.78 Å². The van der Waals surface area contributed by atoms with E-state index in [4.69, 9.17) is 9.47 Å². The van der Waals surface area contributed by atoms with Crippen LogP contribution in [-0.4, -0.2) is 52.6 Å². The number of benzene rings is 1. The van der Waals surface area contributed by atoms with E-state index in [0.717, 1.165) is 7.14 Å². The number of thioether (sulfide) groups is 1. The zero-order chi connectivity index (χ0) is 22.2. The lowest BCUT2D eigenvalue weighted by molar-refractivity contribution is -0.185. The first-order valence-corrected chi connectivity index (χ1v) is 13.6. The van der Waals surface area contributed by atoms with Crippen molar-refractivity contribution in [2.24, 2.45) is 0 Å². The van der Waals surface area contributed by atoms with Gasteiger partial charge in [-0.25, -0.2) is 18.0 Å². The number of carbonyl (C=O) groups excluding carboxylic acids is 2. The van der Waals surface area contributed by atoms with Crippen molar-refractivity contribution in [3.05, 3.63) is 22.3 Å². The van der Waals surface area contributed by atoms with Crippen molar-refractivity contribution >= 4 is 102 Å². The third-order valence-corrected chi connectivity index (χ3v) is 11.2. The normalized spacial score (nSPS) is 30.1. The molecular formula is C15H8F2I3O8S2-. The number of alkyl halides is 2. The average molecular weight is 799 g/mol. The predicted octanol–water partition coefficient (Wildman–Crippen LogP) is 3.07. The van der Waals surface area contributed by atoms with Gasteiger partial charge in [0.25, 0.3) is 5.79 Å². The van der Waals surface area contributed by atoms with Crippen molar-refractivity contribution in [2.45, 2.75) is 40.5 Å². The molecule has 0 N–H and O–H groups in total. The molecule has 164 valence electrons. The number of ether oxygens (including phenoxy) is 3. The summed E-state index contributed by atoms with van der Waals surface area (Å²) in [5, 5.41) is -6.27. The van der Waals surface area contributed by atoms with E-state index < -0.39 is 49.7 Å². The third kappa shape index (κ3) is 3.61. The van der Waals surface area contributed by atoms with Crippen LogP contribution in [0.1, 0.15) is 23.2 Å². The highest BCUT2D eigenvalue weighted by Gasteiger charge is 2.64. The molecule has 30 heavy (non-hydrogen) atoms. The Bertz CT molecular complexity index is 1080. The molecular weight excluding hydrogens is 791 g/mol. The number of hydrogen-bond acceptors (Lipinski definition) is 9. The van der Waals surface area contributed by atoms with Gasteiger partial charge in [-0.3, -0.25) is 0 Å². The fourth-order valence-corrected chi connectivity index (χ4v) is 8.01. The Morgan fingerprint density at radius 3 is 2.53 bits per heavy atom. The lowest BCUT2D eigenvalue weighted by Crippen LogP contribution is -2.54. The Morgan fingerprint density at radius 1 is 1.30 bits per heavy atom. The number of halogens is 5. The number of rotatable bonds is 3. The molecule has 3 heterocycles. The summed E-state index contributed by atoms with van der Waals surface area (Å²) in [5.41, 5.74) is 0.307. The van der Waals surface area contributed by atoms with Gasteiger partial charge in [0.2, 0.25) is 0 Å². The molecule has 2 saturated heterocycles. The van der Waals surface area contributed by atoms with Crippen LogP contribution in [0.5, 0.6) is 5.75 Å². The van der Waals surface area contributed by atoms with Crippen LogP contribution in [0.2, 0.25) is 0 Å². The van der Waals surface area contributed by atoms with Gasteiger partial charge in [-0.15, -0.1) is 11.8 Å². The summed E-state index contributed by atoms with van der Waals surface area (Å²) in [4.78, 5) is 24.3. The van der Waals surface area contributed by atoms with Crippen molar-refractivity contribution in [3.8, 4) is 5.75 Å². The summed E-state index contributed by atoms with van der Waals surface area (Å²) in [7, 11) is -6.20. The monoisotopic (exact) mass is 799 g/mol. The van der Waals surface area contributed by atoms with Crippen LogP contribution in [0, 0.1) is 10.7 Å². The molecule has 8 nitrogen and oxygen atoms in total. The van der Waals surface area contributed by atoms with Gasteiger partial charge in [0.05, 0.1) is 8.82 Å². The minimum absolute atomic E-state index is 0.00370. The predicted molar refractivity (Wildman–Crippen MR) is 122 cm³/mol. The topological polar surface area (TPSA) is 119 Å². The highest BCUT2D eigenvalue weighted by Crippen LogP contribution is 2.57. The van der Waals surface area contributed by atoms with Crippen LogP contribution in [0.4, 0.5) is 8.78 Å². The highest BCUT2D eigenvalue weighted by atomic mass is 127. The van der Waals surface area contributed by atoms with E-state index in [9.17, 15) is 31.3 Å². The van der Waals surface area contributed by atoms with Crippen LogP contribution < -0.4 is 4.74 Å². The maximum absolute atomic E-state index is 13.4. The molecule has 0 aromatic heterocycles. The molecule has 2 bridgehead atoms. The molecule has 2 fully saturated rings. The molecule has 0 saturated carbocycles. The molecule has 1 spiro atoms. The molecule has 3 aliphatic heterocycles. The van der Waals surface area contributed by atoms with Gasteiger partial charge in [-0.05, 0) is 73.8 Å². The molecule has 3 aliphatic rings. The Hall–Kier alpha value is 0.270. The summed E-state index contributed by atoms with van der Waals surface area (Å²) in [5.74, 6) is -3.94. The van der Waals surface area contributed by atoms with E-state index >= 15 is 0 Å². The first-order valence-electron chi connectivity index (χ1n) is 8.06. The highest BCUT2D eigenvalue weighted by molar-refractivity contribution is 14.1. The summed E-state index contributed by atoms with van der Waals surface area (Å²) in [6.07, 6.45) is -1.01. The molecule has 0 radical (unpaired) electrons. The van der Waals surface area contributed by atoms with E-state index in [-0.39, 0.29) is 12.8 Å². The quantitative estimate of drug-likeness (QED) is 0.197. The lowest BCUT2D eigenvalue weighted by Gasteiger charge is -2.41. The van der Waals surface area contributed by atoms with Crippen LogP contribution in [0.25, 0.3) is 0 Å². The maximum Gasteiger partial charge on any atom is 0.428 e. The fraction of sp³-hybridized carbons (Fsp3) is 0.467. The van der Waals surface area contributed by atoms with E-state index in [0.29, 0.717) is 14.9 Å². The number of fused-ring (bicyclic) bond motifs is 4. The Balaban J connectivity index is 1.56. The molecule has 15 heteroatoms. The Morgan fingerprint density at radius 2 is 1.97 bits per heavy atom. The van der Waals surface area contributed by atoms with Crippen molar-refractivity contribution < 1.29 is 45.6 Å². The standard InChI is InChI=1S/C15H9F2I3O8S2/c16-15(17,30(23,24)25)13(22)26-6-2-8-14(3-7(6)29-8)27-11-9(12(21)28-14)4(18)1-5(19)10(11)20/h1,6-8H,2-3H2,(H,23,24,25)/p-1. The van der Waals surface area contributed by atoms with Crippen molar-refractivity contribution in [3.63, 3.8) is 0 Å². The Labute approximate surface area is 213 Å². The minimum atomic E-state index is -6.20. The van der Waals surface area contributed by atoms with Gasteiger partial charge in [-0.1, -0.05) is 0 Å². The van der Waals surface area contributed by atoms with E-state index in [2.05, 4.69) is 49.9 Å². The SMILES string of the molecule is O=C1OC2(CC3SC2CC3OC(=O)C(F)(F)S(=O)(=O)[O-])Oc2c(I)c(I)cc(I)c21. The van der Waals surface area contributed by atoms with Crippen molar-refractivity contribution in [2.75, 3.05) is 0 Å². The van der Waals surface area contributed by atoms with Crippen LogP contribution in [0.15, 0.2) is 6.07 Å². The second kappa shape index (κ2) is 7.66. The smallest absolute Gasteiger partial charge is 0.428 e. The molecule has 0 aliphatic carbocycles. The van der Waals surface area contributed by atoms with E-state index in [1.165, 1.54) is 11.8 Å². The molecule has 0 amide bonds. The number of carbonyl (C=O) groups is 2. The van der Waals surface area contributed by atoms with E-state index in [1.807, 2.05) is 28.7 Å². The van der Waals surface area contributed by atoms with Gasteiger partial charge in [0.15, 0.2) is 15.9 Å².